The summed E-state index contributed by atoms with van der Waals surface area (Å²) < 4.78 is 6.35. The number of carbonyl (C=O) groups excluding carboxylic acids is 1. The molecule has 0 fully saturated rings. The van der Waals surface area contributed by atoms with Gasteiger partial charge in [-0.25, -0.2) is 9.78 Å². The van der Waals surface area contributed by atoms with E-state index in [9.17, 15) is 4.79 Å². The van der Waals surface area contributed by atoms with Crippen molar-refractivity contribution in [2.24, 2.45) is 5.11 Å². The van der Waals surface area contributed by atoms with Crippen LogP contribution >= 0.6 is 0 Å². The number of nitrogens with zero attached hydrogens (tertiary/aromatic N) is 5. The lowest BCUT2D eigenvalue weighted by molar-refractivity contribution is 0.0601. The van der Waals surface area contributed by atoms with E-state index in [0.717, 1.165) is 5.69 Å². The molecule has 0 aliphatic carbocycles. The highest BCUT2D eigenvalue weighted by Crippen LogP contribution is 2.24. The van der Waals surface area contributed by atoms with E-state index in [1.54, 1.807) is 41.5 Å². The van der Waals surface area contributed by atoms with E-state index in [1.165, 1.54) is 7.11 Å². The number of benzene rings is 1. The van der Waals surface area contributed by atoms with Crippen LogP contribution in [0.1, 0.15) is 10.4 Å². The standard InChI is InChI=1S/C11H9N5O2/c1-18-11(17)9-3-2-8(6-10(9)14-15-12)16-5-4-13-7-16/h2-7H,1H3. The van der Waals surface area contributed by atoms with Gasteiger partial charge in [-0.3, -0.25) is 0 Å². The molecule has 0 amide bonds. The molecule has 0 atom stereocenters. The first kappa shape index (κ1) is 11.7. The monoisotopic (exact) mass is 243 g/mol. The average molecular weight is 243 g/mol. The van der Waals surface area contributed by atoms with Crippen LogP contribution in [0.15, 0.2) is 42.0 Å². The van der Waals surface area contributed by atoms with Crippen LogP contribution in [0.25, 0.3) is 16.1 Å². The smallest absolute Gasteiger partial charge is 0.338 e. The third kappa shape index (κ3) is 2.16. The molecule has 0 radical (unpaired) electrons. The van der Waals surface area contributed by atoms with Crippen molar-refractivity contribution in [2.45, 2.75) is 0 Å². The van der Waals surface area contributed by atoms with Crippen LogP contribution in [-0.4, -0.2) is 22.6 Å². The predicted octanol–water partition coefficient (Wildman–Crippen LogP) is 2.60. The summed E-state index contributed by atoms with van der Waals surface area (Å²) in [4.78, 5) is 18.1. The van der Waals surface area contributed by atoms with Crippen molar-refractivity contribution in [2.75, 3.05) is 7.11 Å². The molecule has 0 aliphatic rings. The van der Waals surface area contributed by atoms with Crippen molar-refractivity contribution in [3.63, 3.8) is 0 Å². The molecule has 18 heavy (non-hydrogen) atoms. The molecular formula is C11H9N5O2. The minimum absolute atomic E-state index is 0.218. The van der Waals surface area contributed by atoms with E-state index in [2.05, 4.69) is 19.7 Å². The van der Waals surface area contributed by atoms with E-state index >= 15 is 0 Å². The van der Waals surface area contributed by atoms with Crippen LogP contribution in [0.3, 0.4) is 0 Å². The van der Waals surface area contributed by atoms with Crippen molar-refractivity contribution >= 4 is 11.7 Å². The van der Waals surface area contributed by atoms with Gasteiger partial charge in [-0.05, 0) is 23.7 Å². The van der Waals surface area contributed by atoms with Gasteiger partial charge < -0.3 is 9.30 Å². The SMILES string of the molecule is COC(=O)c1ccc(-n2ccnc2)cc1N=[N+]=[N-]. The van der Waals surface area contributed by atoms with E-state index < -0.39 is 5.97 Å². The number of hydrogen-bond acceptors (Lipinski definition) is 4. The molecule has 0 spiro atoms. The molecule has 1 aromatic carbocycles. The van der Waals surface area contributed by atoms with Gasteiger partial charge in [0.15, 0.2) is 0 Å². The lowest BCUT2D eigenvalue weighted by Crippen LogP contribution is -2.02. The van der Waals surface area contributed by atoms with Gasteiger partial charge in [0.25, 0.3) is 0 Å². The maximum Gasteiger partial charge on any atom is 0.338 e. The number of methoxy groups -OCH3 is 1. The van der Waals surface area contributed by atoms with Gasteiger partial charge in [-0.2, -0.15) is 0 Å². The zero-order chi connectivity index (χ0) is 13.0. The van der Waals surface area contributed by atoms with E-state index in [-0.39, 0.29) is 11.3 Å². The Morgan fingerprint density at radius 3 is 3.00 bits per heavy atom. The van der Waals surface area contributed by atoms with Crippen molar-refractivity contribution in [3.8, 4) is 5.69 Å². The maximum atomic E-state index is 11.5. The number of imidazole rings is 1. The zero-order valence-corrected chi connectivity index (χ0v) is 9.52. The summed E-state index contributed by atoms with van der Waals surface area (Å²) in [6, 6.07) is 4.85. The topological polar surface area (TPSA) is 92.9 Å². The van der Waals surface area contributed by atoms with E-state index in [0.29, 0.717) is 0 Å². The lowest BCUT2D eigenvalue weighted by atomic mass is 10.1. The normalized spacial score (nSPS) is 9.61. The zero-order valence-electron chi connectivity index (χ0n) is 9.52. The third-order valence-electron chi connectivity index (χ3n) is 2.34. The number of ether oxygens (including phenoxy) is 1. The molecule has 0 aliphatic heterocycles. The Labute approximate surface area is 102 Å². The largest absolute Gasteiger partial charge is 0.465 e. The molecule has 2 aromatic rings. The van der Waals surface area contributed by atoms with Gasteiger partial charge in [0, 0.05) is 23.0 Å². The molecule has 0 saturated heterocycles. The Kier molecular flexibility index (Phi) is 3.26. The van der Waals surface area contributed by atoms with Gasteiger partial charge in [-0.15, -0.1) is 0 Å². The van der Waals surface area contributed by atoms with Gasteiger partial charge in [-0.1, -0.05) is 5.11 Å². The summed E-state index contributed by atoms with van der Waals surface area (Å²) in [5, 5.41) is 3.49. The molecule has 0 bridgehead atoms. The van der Waals surface area contributed by atoms with Crippen molar-refractivity contribution < 1.29 is 9.53 Å². The second kappa shape index (κ2) is 5.03. The number of carbonyl (C=O) groups is 1. The molecule has 7 heteroatoms. The molecule has 90 valence electrons. The van der Waals surface area contributed by atoms with E-state index in [1.807, 2.05) is 0 Å². The van der Waals surface area contributed by atoms with Crippen molar-refractivity contribution in [1.29, 1.82) is 0 Å². The first-order chi connectivity index (χ1) is 8.76. The summed E-state index contributed by atoms with van der Waals surface area (Å²) in [6.45, 7) is 0. The summed E-state index contributed by atoms with van der Waals surface area (Å²) >= 11 is 0. The average Bonchev–Trinajstić information content (AvgIpc) is 2.92. The molecule has 0 N–H and O–H groups in total. The maximum absolute atomic E-state index is 11.5. The highest BCUT2D eigenvalue weighted by molar-refractivity contribution is 5.95. The number of hydrogen-bond donors (Lipinski definition) is 0. The summed E-state index contributed by atoms with van der Waals surface area (Å²) in [5.41, 5.74) is 9.69. The molecule has 1 heterocycles. The van der Waals surface area contributed by atoms with Crippen molar-refractivity contribution in [1.82, 2.24) is 9.55 Å². The molecule has 7 nitrogen and oxygen atoms in total. The summed E-state index contributed by atoms with van der Waals surface area (Å²) in [6.07, 6.45) is 4.97. The number of rotatable bonds is 3. The predicted molar refractivity (Wildman–Crippen MR) is 63.7 cm³/mol. The minimum atomic E-state index is -0.547. The Morgan fingerprint density at radius 2 is 2.39 bits per heavy atom. The number of azide groups is 1. The number of esters is 1. The molecule has 2 rings (SSSR count). The van der Waals surface area contributed by atoms with E-state index in [4.69, 9.17) is 5.53 Å². The highest BCUT2D eigenvalue weighted by Gasteiger charge is 2.11. The third-order valence-corrected chi connectivity index (χ3v) is 2.34. The van der Waals surface area contributed by atoms with Crippen LogP contribution in [0, 0.1) is 0 Å². The van der Waals surface area contributed by atoms with Gasteiger partial charge >= 0.3 is 5.97 Å². The molecule has 0 unspecified atom stereocenters. The Hall–Kier alpha value is -2.79. The van der Waals surface area contributed by atoms with Crippen LogP contribution in [0.2, 0.25) is 0 Å². The van der Waals surface area contributed by atoms with Crippen LogP contribution in [-0.2, 0) is 4.74 Å². The molecule has 1 aromatic heterocycles. The molecular weight excluding hydrogens is 234 g/mol. The van der Waals surface area contributed by atoms with Gasteiger partial charge in [0.1, 0.15) is 0 Å². The van der Waals surface area contributed by atoms with Crippen LogP contribution in [0.5, 0.6) is 0 Å². The fourth-order valence-corrected chi connectivity index (χ4v) is 1.51. The van der Waals surface area contributed by atoms with Gasteiger partial charge in [0.05, 0.1) is 24.7 Å². The second-order valence-corrected chi connectivity index (χ2v) is 3.35. The lowest BCUT2D eigenvalue weighted by Gasteiger charge is -2.07. The Bertz CT molecular complexity index is 614. The quantitative estimate of drug-likeness (QED) is 0.359. The first-order valence-electron chi connectivity index (χ1n) is 5.02. The Morgan fingerprint density at radius 1 is 1.56 bits per heavy atom. The fraction of sp³-hybridized carbons (Fsp3) is 0.0909. The van der Waals surface area contributed by atoms with Gasteiger partial charge in [0.2, 0.25) is 0 Å². The van der Waals surface area contributed by atoms with Crippen LogP contribution < -0.4 is 0 Å². The summed E-state index contributed by atoms with van der Waals surface area (Å²) in [7, 11) is 1.27. The minimum Gasteiger partial charge on any atom is -0.465 e. The van der Waals surface area contributed by atoms with Crippen LogP contribution in [0.4, 0.5) is 5.69 Å². The van der Waals surface area contributed by atoms with Crippen molar-refractivity contribution in [3.05, 3.63) is 52.9 Å². The Balaban J connectivity index is 2.53. The number of aromatic nitrogens is 2. The highest BCUT2D eigenvalue weighted by atomic mass is 16.5. The summed E-state index contributed by atoms with van der Waals surface area (Å²) in [5.74, 6) is -0.547. The second-order valence-electron chi connectivity index (χ2n) is 3.35. The first-order valence-corrected chi connectivity index (χ1v) is 5.02. The molecule has 0 saturated carbocycles. The fourth-order valence-electron chi connectivity index (χ4n) is 1.51.